The maximum Gasteiger partial charge on any atom is 0.335 e. The molecule has 2 rings (SSSR count). The van der Waals surface area contributed by atoms with Crippen LogP contribution in [0, 0.1) is 0 Å². The van der Waals surface area contributed by atoms with E-state index >= 15 is 0 Å². The predicted molar refractivity (Wildman–Crippen MR) is 93.0 cm³/mol. The number of thioether (sulfide) groups is 1. The summed E-state index contributed by atoms with van der Waals surface area (Å²) in [6.45, 7) is 7.60. The van der Waals surface area contributed by atoms with Crippen LogP contribution >= 0.6 is 11.8 Å². The average molecular weight is 326 g/mol. The van der Waals surface area contributed by atoms with Crippen molar-refractivity contribution in [2.75, 3.05) is 0 Å². The summed E-state index contributed by atoms with van der Waals surface area (Å²) in [5, 5.41) is -0.0519. The van der Waals surface area contributed by atoms with Gasteiger partial charge in [-0.3, -0.25) is 4.79 Å². The molecule has 0 atom stereocenters. The molecule has 0 aliphatic rings. The van der Waals surface area contributed by atoms with Crippen molar-refractivity contribution in [3.8, 4) is 5.75 Å². The summed E-state index contributed by atoms with van der Waals surface area (Å²) in [6, 6.07) is 14.5. The molecule has 0 saturated carbocycles. The minimum atomic E-state index is -0.524. The van der Waals surface area contributed by atoms with Crippen molar-refractivity contribution in [3.05, 3.63) is 72.3 Å². The van der Waals surface area contributed by atoms with Crippen LogP contribution in [0.5, 0.6) is 5.75 Å². The van der Waals surface area contributed by atoms with Gasteiger partial charge >= 0.3 is 5.97 Å². The summed E-state index contributed by atoms with van der Waals surface area (Å²) in [5.74, 6) is 0.331. The lowest BCUT2D eigenvalue weighted by Crippen LogP contribution is -2.03. The fourth-order valence-electron chi connectivity index (χ4n) is 1.90. The molecule has 0 aliphatic heterocycles. The lowest BCUT2D eigenvalue weighted by atomic mass is 10.0. The Morgan fingerprint density at radius 3 is 2.17 bits per heavy atom. The highest BCUT2D eigenvalue weighted by atomic mass is 32.2. The predicted octanol–water partition coefficient (Wildman–Crippen LogP) is 4.83. The standard InChI is InChI=1S/C19H18O3S/c1-4-18(20)22-16-9-5-15(6-10-16)19(21)23-17-11-7-14(8-12-17)13(2)3/h4-13H,1H2,2-3H3. The largest absolute Gasteiger partial charge is 0.423 e. The second kappa shape index (κ2) is 7.79. The lowest BCUT2D eigenvalue weighted by molar-refractivity contribution is -0.128. The molecular weight excluding hydrogens is 308 g/mol. The Hall–Kier alpha value is -2.33. The van der Waals surface area contributed by atoms with Gasteiger partial charge in [-0.2, -0.15) is 0 Å². The number of esters is 1. The highest BCUT2D eigenvalue weighted by Crippen LogP contribution is 2.26. The fourth-order valence-corrected chi connectivity index (χ4v) is 2.64. The molecule has 0 aromatic heterocycles. The molecule has 4 heteroatoms. The average Bonchev–Trinajstić information content (AvgIpc) is 2.55. The minimum Gasteiger partial charge on any atom is -0.423 e. The zero-order chi connectivity index (χ0) is 16.8. The Labute approximate surface area is 140 Å². The molecular formula is C19H18O3S. The van der Waals surface area contributed by atoms with Gasteiger partial charge < -0.3 is 4.74 Å². The van der Waals surface area contributed by atoms with Gasteiger partial charge in [-0.1, -0.05) is 32.6 Å². The first kappa shape index (κ1) is 17.0. The van der Waals surface area contributed by atoms with E-state index < -0.39 is 5.97 Å². The van der Waals surface area contributed by atoms with Crippen LogP contribution in [-0.4, -0.2) is 11.1 Å². The van der Waals surface area contributed by atoms with Gasteiger partial charge in [0, 0.05) is 16.5 Å². The fraction of sp³-hybridized carbons (Fsp3) is 0.158. The van der Waals surface area contributed by atoms with Crippen LogP contribution in [0.2, 0.25) is 0 Å². The van der Waals surface area contributed by atoms with Gasteiger partial charge in [-0.05, 0) is 59.6 Å². The summed E-state index contributed by atoms with van der Waals surface area (Å²) < 4.78 is 4.98. The van der Waals surface area contributed by atoms with Gasteiger partial charge in [0.2, 0.25) is 5.12 Å². The van der Waals surface area contributed by atoms with E-state index in [0.717, 1.165) is 11.0 Å². The van der Waals surface area contributed by atoms with Crippen LogP contribution in [-0.2, 0) is 4.79 Å². The molecule has 0 aliphatic carbocycles. The molecule has 0 saturated heterocycles. The first-order valence-electron chi connectivity index (χ1n) is 7.26. The summed E-state index contributed by atoms with van der Waals surface area (Å²) in [4.78, 5) is 24.3. The van der Waals surface area contributed by atoms with E-state index in [1.165, 1.54) is 17.3 Å². The zero-order valence-electron chi connectivity index (χ0n) is 13.1. The molecule has 2 aromatic carbocycles. The molecule has 0 heterocycles. The third-order valence-electron chi connectivity index (χ3n) is 3.23. The van der Waals surface area contributed by atoms with Crippen molar-refractivity contribution >= 4 is 22.8 Å². The number of ether oxygens (including phenoxy) is 1. The van der Waals surface area contributed by atoms with Gasteiger partial charge in [-0.25, -0.2) is 4.79 Å². The van der Waals surface area contributed by atoms with Crippen molar-refractivity contribution in [1.29, 1.82) is 0 Å². The van der Waals surface area contributed by atoms with Crippen LogP contribution in [0.4, 0.5) is 0 Å². The van der Waals surface area contributed by atoms with Gasteiger partial charge in [0.1, 0.15) is 5.75 Å². The summed E-state index contributed by atoms with van der Waals surface area (Å²) in [5.41, 5.74) is 1.80. The maximum atomic E-state index is 12.3. The van der Waals surface area contributed by atoms with E-state index in [2.05, 4.69) is 20.4 Å². The van der Waals surface area contributed by atoms with E-state index in [9.17, 15) is 9.59 Å². The molecule has 0 N–H and O–H groups in total. The van der Waals surface area contributed by atoms with Crippen molar-refractivity contribution in [3.63, 3.8) is 0 Å². The number of rotatable bonds is 5. The molecule has 0 fully saturated rings. The molecule has 2 aromatic rings. The van der Waals surface area contributed by atoms with E-state index in [1.54, 1.807) is 24.3 Å². The summed E-state index contributed by atoms with van der Waals surface area (Å²) >= 11 is 1.18. The van der Waals surface area contributed by atoms with Crippen LogP contribution in [0.1, 0.15) is 35.7 Å². The second-order valence-electron chi connectivity index (χ2n) is 5.26. The molecule has 23 heavy (non-hydrogen) atoms. The molecule has 118 valence electrons. The topological polar surface area (TPSA) is 43.4 Å². The first-order chi connectivity index (χ1) is 11.0. The van der Waals surface area contributed by atoms with Gasteiger partial charge in [0.25, 0.3) is 0 Å². The van der Waals surface area contributed by atoms with E-state index in [4.69, 9.17) is 4.74 Å². The van der Waals surface area contributed by atoms with Gasteiger partial charge in [0.05, 0.1) is 0 Å². The third-order valence-corrected chi connectivity index (χ3v) is 4.16. The maximum absolute atomic E-state index is 12.3. The minimum absolute atomic E-state index is 0.0519. The Morgan fingerprint density at radius 2 is 1.65 bits per heavy atom. The molecule has 0 bridgehead atoms. The Bertz CT molecular complexity index is 700. The van der Waals surface area contributed by atoms with Gasteiger partial charge in [0.15, 0.2) is 0 Å². The number of hydrogen-bond donors (Lipinski definition) is 0. The van der Waals surface area contributed by atoms with Crippen LogP contribution in [0.25, 0.3) is 0 Å². The number of carbonyl (C=O) groups is 2. The van der Waals surface area contributed by atoms with Crippen molar-refractivity contribution in [2.45, 2.75) is 24.7 Å². The number of carbonyl (C=O) groups excluding carboxylic acids is 2. The number of hydrogen-bond acceptors (Lipinski definition) is 4. The lowest BCUT2D eigenvalue weighted by Gasteiger charge is -2.06. The van der Waals surface area contributed by atoms with Crippen molar-refractivity contribution < 1.29 is 14.3 Å². The normalized spacial score (nSPS) is 10.4. The Morgan fingerprint density at radius 1 is 1.04 bits per heavy atom. The summed E-state index contributed by atoms with van der Waals surface area (Å²) in [7, 11) is 0. The molecule has 3 nitrogen and oxygen atoms in total. The van der Waals surface area contributed by atoms with E-state index in [-0.39, 0.29) is 5.12 Å². The zero-order valence-corrected chi connectivity index (χ0v) is 13.9. The quantitative estimate of drug-likeness (QED) is 0.341. The molecule has 0 unspecified atom stereocenters. The third kappa shape index (κ3) is 4.83. The van der Waals surface area contributed by atoms with Gasteiger partial charge in [-0.15, -0.1) is 0 Å². The smallest absolute Gasteiger partial charge is 0.335 e. The molecule has 0 amide bonds. The first-order valence-corrected chi connectivity index (χ1v) is 8.07. The van der Waals surface area contributed by atoms with E-state index in [1.807, 2.05) is 24.3 Å². The van der Waals surface area contributed by atoms with Crippen LogP contribution in [0.3, 0.4) is 0 Å². The molecule has 0 spiro atoms. The second-order valence-corrected chi connectivity index (χ2v) is 6.31. The highest BCUT2D eigenvalue weighted by molar-refractivity contribution is 8.14. The Balaban J connectivity index is 2.02. The highest BCUT2D eigenvalue weighted by Gasteiger charge is 2.09. The van der Waals surface area contributed by atoms with Crippen LogP contribution < -0.4 is 4.74 Å². The van der Waals surface area contributed by atoms with Crippen molar-refractivity contribution in [2.24, 2.45) is 0 Å². The monoisotopic (exact) mass is 326 g/mol. The SMILES string of the molecule is C=CC(=O)Oc1ccc(C(=O)Sc2ccc(C(C)C)cc2)cc1. The van der Waals surface area contributed by atoms with E-state index in [0.29, 0.717) is 17.2 Å². The summed E-state index contributed by atoms with van der Waals surface area (Å²) in [6.07, 6.45) is 1.09. The molecule has 0 radical (unpaired) electrons. The van der Waals surface area contributed by atoms with Crippen molar-refractivity contribution in [1.82, 2.24) is 0 Å². The van der Waals surface area contributed by atoms with Crippen LogP contribution in [0.15, 0.2) is 66.1 Å². The Kier molecular flexibility index (Phi) is 5.77. The number of benzene rings is 2.